The summed E-state index contributed by atoms with van der Waals surface area (Å²) in [6.45, 7) is 2.05. The molecule has 4 nitrogen and oxygen atoms in total. The molecule has 1 atom stereocenters. The average Bonchev–Trinajstić information content (AvgIpc) is 2.83. The number of hydrogen-bond donors (Lipinski definition) is 0. The van der Waals surface area contributed by atoms with Gasteiger partial charge < -0.3 is 9.80 Å². The fraction of sp³-hybridized carbons (Fsp3) is 0.467. The molecule has 0 bridgehead atoms. The average molecular weight is 257 g/mol. The van der Waals surface area contributed by atoms with Crippen molar-refractivity contribution in [2.45, 2.75) is 18.9 Å². The highest BCUT2D eigenvalue weighted by Crippen LogP contribution is 2.23. The summed E-state index contributed by atoms with van der Waals surface area (Å²) in [4.78, 5) is 15.2. The monoisotopic (exact) mass is 257 g/mol. The van der Waals surface area contributed by atoms with Crippen LogP contribution in [0.15, 0.2) is 18.2 Å². The van der Waals surface area contributed by atoms with Gasteiger partial charge in [-0.05, 0) is 44.6 Å². The Morgan fingerprint density at radius 3 is 2.95 bits per heavy atom. The zero-order chi connectivity index (χ0) is 13.8. The standard InChI is InChI=1S/C15H19N3O/c1-17-7-3-4-14(17)10-18(2)15-6-5-12(11-19)8-13(15)9-16/h5-6,8,11,14H,3-4,7,10H2,1-2H3. The largest absolute Gasteiger partial charge is 0.372 e. The van der Waals surface area contributed by atoms with Crippen LogP contribution in [0.3, 0.4) is 0 Å². The van der Waals surface area contributed by atoms with E-state index in [1.807, 2.05) is 13.1 Å². The minimum Gasteiger partial charge on any atom is -0.372 e. The number of likely N-dealkylation sites (tertiary alicyclic amines) is 1. The maximum Gasteiger partial charge on any atom is 0.150 e. The molecule has 1 aliphatic heterocycles. The van der Waals surface area contributed by atoms with Gasteiger partial charge in [0.05, 0.1) is 11.3 Å². The number of aldehydes is 1. The van der Waals surface area contributed by atoms with Crippen molar-refractivity contribution in [2.75, 3.05) is 32.1 Å². The highest BCUT2D eigenvalue weighted by Gasteiger charge is 2.22. The van der Waals surface area contributed by atoms with Gasteiger partial charge in [0.15, 0.2) is 0 Å². The predicted molar refractivity (Wildman–Crippen MR) is 75.5 cm³/mol. The molecular formula is C15H19N3O. The van der Waals surface area contributed by atoms with E-state index in [2.05, 4.69) is 22.9 Å². The molecule has 19 heavy (non-hydrogen) atoms. The molecule has 1 saturated heterocycles. The van der Waals surface area contributed by atoms with Crippen LogP contribution in [-0.2, 0) is 0 Å². The number of rotatable bonds is 4. The predicted octanol–water partition coefficient (Wildman–Crippen LogP) is 1.90. The van der Waals surface area contributed by atoms with Crippen molar-refractivity contribution in [2.24, 2.45) is 0 Å². The van der Waals surface area contributed by atoms with Crippen molar-refractivity contribution in [3.63, 3.8) is 0 Å². The zero-order valence-electron chi connectivity index (χ0n) is 11.5. The summed E-state index contributed by atoms with van der Waals surface area (Å²) in [5.41, 5.74) is 2.01. The number of carbonyl (C=O) groups excluding carboxylic acids is 1. The molecule has 1 heterocycles. The first-order valence-electron chi connectivity index (χ1n) is 6.56. The van der Waals surface area contributed by atoms with E-state index in [9.17, 15) is 10.1 Å². The van der Waals surface area contributed by atoms with Crippen LogP contribution in [-0.4, -0.2) is 44.4 Å². The minimum absolute atomic E-state index is 0.544. The molecule has 0 N–H and O–H groups in total. The number of nitrogens with zero attached hydrogens (tertiary/aromatic N) is 3. The molecule has 1 fully saturated rings. The highest BCUT2D eigenvalue weighted by molar-refractivity contribution is 5.78. The molecule has 0 radical (unpaired) electrons. The second-order valence-corrected chi connectivity index (χ2v) is 5.16. The van der Waals surface area contributed by atoms with Crippen molar-refractivity contribution >= 4 is 12.0 Å². The lowest BCUT2D eigenvalue weighted by Crippen LogP contribution is -2.36. The maximum atomic E-state index is 10.7. The summed E-state index contributed by atoms with van der Waals surface area (Å²) in [5, 5.41) is 9.20. The van der Waals surface area contributed by atoms with Crippen molar-refractivity contribution in [3.05, 3.63) is 29.3 Å². The summed E-state index contributed by atoms with van der Waals surface area (Å²) in [5.74, 6) is 0. The quantitative estimate of drug-likeness (QED) is 0.773. The third kappa shape index (κ3) is 2.94. The first-order valence-corrected chi connectivity index (χ1v) is 6.56. The number of benzene rings is 1. The van der Waals surface area contributed by atoms with Gasteiger partial charge in [-0.25, -0.2) is 0 Å². The number of hydrogen-bond acceptors (Lipinski definition) is 4. The molecule has 1 aliphatic rings. The molecule has 2 rings (SSSR count). The molecule has 4 heteroatoms. The number of carbonyl (C=O) groups is 1. The summed E-state index contributed by atoms with van der Waals surface area (Å²) in [6, 6.07) is 7.99. The second kappa shape index (κ2) is 5.85. The van der Waals surface area contributed by atoms with E-state index in [-0.39, 0.29) is 0 Å². The SMILES string of the molecule is CN(CC1CCCN1C)c1ccc(C=O)cc1C#N. The smallest absolute Gasteiger partial charge is 0.150 e. The lowest BCUT2D eigenvalue weighted by atomic mass is 10.1. The molecule has 0 aliphatic carbocycles. The molecule has 0 aromatic heterocycles. The van der Waals surface area contributed by atoms with E-state index in [4.69, 9.17) is 0 Å². The Hall–Kier alpha value is -1.86. The Bertz CT molecular complexity index is 507. The van der Waals surface area contributed by atoms with Gasteiger partial charge in [0.2, 0.25) is 0 Å². The van der Waals surface area contributed by atoms with Crippen molar-refractivity contribution < 1.29 is 4.79 Å². The van der Waals surface area contributed by atoms with E-state index in [0.29, 0.717) is 17.2 Å². The molecule has 100 valence electrons. The highest BCUT2D eigenvalue weighted by atomic mass is 16.1. The lowest BCUT2D eigenvalue weighted by molar-refractivity contribution is 0.112. The zero-order valence-corrected chi connectivity index (χ0v) is 11.5. The van der Waals surface area contributed by atoms with Crippen LogP contribution in [0.2, 0.25) is 0 Å². The third-order valence-corrected chi connectivity index (χ3v) is 3.84. The third-order valence-electron chi connectivity index (χ3n) is 3.84. The number of nitriles is 1. The van der Waals surface area contributed by atoms with Crippen molar-refractivity contribution in [3.8, 4) is 6.07 Å². The first kappa shape index (κ1) is 13.6. The first-order chi connectivity index (χ1) is 9.15. The summed E-state index contributed by atoms with van der Waals surface area (Å²) < 4.78 is 0. The van der Waals surface area contributed by atoms with Crippen LogP contribution in [0.1, 0.15) is 28.8 Å². The van der Waals surface area contributed by atoms with E-state index in [0.717, 1.165) is 25.1 Å². The van der Waals surface area contributed by atoms with Crippen LogP contribution in [0.5, 0.6) is 0 Å². The Labute approximate surface area is 114 Å². The minimum atomic E-state index is 0.544. The fourth-order valence-electron chi connectivity index (χ4n) is 2.67. The molecule has 1 aromatic rings. The van der Waals surface area contributed by atoms with Gasteiger partial charge in [0.1, 0.15) is 12.4 Å². The lowest BCUT2D eigenvalue weighted by Gasteiger charge is -2.28. The Kier molecular flexibility index (Phi) is 4.18. The van der Waals surface area contributed by atoms with Gasteiger partial charge in [-0.15, -0.1) is 0 Å². The summed E-state index contributed by atoms with van der Waals surface area (Å²) in [7, 11) is 4.15. The van der Waals surface area contributed by atoms with Gasteiger partial charge in [0.25, 0.3) is 0 Å². The summed E-state index contributed by atoms with van der Waals surface area (Å²) >= 11 is 0. The van der Waals surface area contributed by atoms with Gasteiger partial charge in [-0.1, -0.05) is 0 Å². The van der Waals surface area contributed by atoms with Crippen LogP contribution >= 0.6 is 0 Å². The fourth-order valence-corrected chi connectivity index (χ4v) is 2.67. The Morgan fingerprint density at radius 1 is 1.58 bits per heavy atom. The molecule has 0 spiro atoms. The molecule has 0 amide bonds. The second-order valence-electron chi connectivity index (χ2n) is 5.16. The number of anilines is 1. The summed E-state index contributed by atoms with van der Waals surface area (Å²) in [6.07, 6.45) is 3.22. The molecule has 0 saturated carbocycles. The van der Waals surface area contributed by atoms with Gasteiger partial charge in [-0.3, -0.25) is 4.79 Å². The van der Waals surface area contributed by atoms with E-state index in [1.165, 1.54) is 12.8 Å². The normalized spacial score (nSPS) is 19.1. The van der Waals surface area contributed by atoms with Crippen LogP contribution in [0.4, 0.5) is 5.69 Å². The molecular weight excluding hydrogens is 238 g/mol. The van der Waals surface area contributed by atoms with Crippen LogP contribution < -0.4 is 4.90 Å². The van der Waals surface area contributed by atoms with Gasteiger partial charge in [0, 0.05) is 25.2 Å². The van der Waals surface area contributed by atoms with E-state index in [1.54, 1.807) is 12.1 Å². The molecule has 1 aromatic carbocycles. The number of likely N-dealkylation sites (N-methyl/N-ethyl adjacent to an activating group) is 2. The van der Waals surface area contributed by atoms with Gasteiger partial charge in [-0.2, -0.15) is 5.26 Å². The Morgan fingerprint density at radius 2 is 2.37 bits per heavy atom. The van der Waals surface area contributed by atoms with Crippen LogP contribution in [0.25, 0.3) is 0 Å². The van der Waals surface area contributed by atoms with Crippen molar-refractivity contribution in [1.29, 1.82) is 5.26 Å². The van der Waals surface area contributed by atoms with E-state index >= 15 is 0 Å². The molecule has 1 unspecified atom stereocenters. The van der Waals surface area contributed by atoms with E-state index < -0.39 is 0 Å². The van der Waals surface area contributed by atoms with Crippen molar-refractivity contribution in [1.82, 2.24) is 4.90 Å². The van der Waals surface area contributed by atoms with Gasteiger partial charge >= 0.3 is 0 Å². The Balaban J connectivity index is 2.16. The van der Waals surface area contributed by atoms with Crippen LogP contribution in [0, 0.1) is 11.3 Å². The maximum absolute atomic E-state index is 10.7. The topological polar surface area (TPSA) is 47.3 Å².